The molecular formula is C16H17N2. The van der Waals surface area contributed by atoms with Gasteiger partial charge in [-0.1, -0.05) is 48.5 Å². The van der Waals surface area contributed by atoms with Crippen LogP contribution in [0.25, 0.3) is 11.1 Å². The summed E-state index contributed by atoms with van der Waals surface area (Å²) in [6.07, 6.45) is 1.38. The molecule has 2 N–H and O–H groups in total. The molecule has 2 aromatic rings. The molecule has 91 valence electrons. The summed E-state index contributed by atoms with van der Waals surface area (Å²) >= 11 is 0. The van der Waals surface area contributed by atoms with E-state index in [1.54, 1.807) is 0 Å². The number of hydrogen-bond donors (Lipinski definition) is 2. The lowest BCUT2D eigenvalue weighted by atomic mass is 10.0. The van der Waals surface area contributed by atoms with Gasteiger partial charge in [-0.25, -0.2) is 0 Å². The van der Waals surface area contributed by atoms with E-state index >= 15 is 0 Å². The van der Waals surface area contributed by atoms with Crippen molar-refractivity contribution in [1.82, 2.24) is 10.6 Å². The molecule has 2 heteroatoms. The molecule has 2 aromatic carbocycles. The molecular weight excluding hydrogens is 220 g/mol. The number of benzene rings is 2. The molecule has 0 bridgehead atoms. The fraction of sp³-hybridized carbons (Fsp3) is 0.250. The Hall–Kier alpha value is -1.64. The third-order valence-corrected chi connectivity index (χ3v) is 3.30. The van der Waals surface area contributed by atoms with Crippen LogP contribution in [0.15, 0.2) is 48.5 Å². The summed E-state index contributed by atoms with van der Waals surface area (Å²) in [7, 11) is 0. The van der Waals surface area contributed by atoms with Gasteiger partial charge in [0.1, 0.15) is 0 Å². The minimum absolute atomic E-state index is 0.396. The molecule has 0 unspecified atom stereocenters. The van der Waals surface area contributed by atoms with E-state index < -0.39 is 0 Å². The molecule has 0 amide bonds. The first kappa shape index (κ1) is 11.5. The molecule has 0 atom stereocenters. The zero-order valence-electron chi connectivity index (χ0n) is 10.3. The Balaban J connectivity index is 1.80. The largest absolute Gasteiger partial charge is 0.300 e. The van der Waals surface area contributed by atoms with Crippen molar-refractivity contribution < 1.29 is 0 Å². The number of nitrogens with one attached hydrogen (secondary N) is 2. The second-order valence-corrected chi connectivity index (χ2v) is 4.63. The Labute approximate surface area is 108 Å². The SMILES string of the molecule is [c]1ccc(-c2ccccc2)cc1CC1NCCN1. The van der Waals surface area contributed by atoms with Crippen LogP contribution in [0.5, 0.6) is 0 Å². The Kier molecular flexibility index (Phi) is 3.40. The van der Waals surface area contributed by atoms with E-state index in [0.717, 1.165) is 19.5 Å². The molecule has 2 nitrogen and oxygen atoms in total. The minimum Gasteiger partial charge on any atom is -0.300 e. The maximum atomic E-state index is 3.43. The van der Waals surface area contributed by atoms with Crippen molar-refractivity contribution in [2.75, 3.05) is 13.1 Å². The van der Waals surface area contributed by atoms with E-state index in [9.17, 15) is 0 Å². The van der Waals surface area contributed by atoms with Crippen molar-refractivity contribution in [3.8, 4) is 11.1 Å². The molecule has 1 fully saturated rings. The molecule has 1 aliphatic rings. The van der Waals surface area contributed by atoms with Gasteiger partial charge in [-0.05, 0) is 22.8 Å². The van der Waals surface area contributed by atoms with Gasteiger partial charge < -0.3 is 10.6 Å². The van der Waals surface area contributed by atoms with E-state index in [1.165, 1.54) is 16.7 Å². The molecule has 0 spiro atoms. The maximum Gasteiger partial charge on any atom is 0.0614 e. The van der Waals surface area contributed by atoms with Crippen LogP contribution in [0.1, 0.15) is 5.56 Å². The summed E-state index contributed by atoms with van der Waals surface area (Å²) in [5.74, 6) is 0. The monoisotopic (exact) mass is 237 g/mol. The number of hydrogen-bond acceptors (Lipinski definition) is 2. The highest BCUT2D eigenvalue weighted by atomic mass is 15.2. The lowest BCUT2D eigenvalue weighted by Gasteiger charge is -2.11. The molecule has 1 saturated heterocycles. The van der Waals surface area contributed by atoms with Gasteiger partial charge in [0.15, 0.2) is 0 Å². The van der Waals surface area contributed by atoms with Gasteiger partial charge in [0.05, 0.1) is 6.17 Å². The summed E-state index contributed by atoms with van der Waals surface area (Å²) in [4.78, 5) is 0. The van der Waals surface area contributed by atoms with Crippen LogP contribution in [0, 0.1) is 6.07 Å². The van der Waals surface area contributed by atoms with Crippen LogP contribution in [-0.2, 0) is 6.42 Å². The van der Waals surface area contributed by atoms with Crippen molar-refractivity contribution in [1.29, 1.82) is 0 Å². The van der Waals surface area contributed by atoms with Crippen molar-refractivity contribution in [3.63, 3.8) is 0 Å². The van der Waals surface area contributed by atoms with Crippen molar-refractivity contribution >= 4 is 0 Å². The zero-order valence-corrected chi connectivity index (χ0v) is 10.3. The van der Waals surface area contributed by atoms with Crippen molar-refractivity contribution in [3.05, 3.63) is 60.2 Å². The van der Waals surface area contributed by atoms with Crippen LogP contribution in [0.4, 0.5) is 0 Å². The molecule has 18 heavy (non-hydrogen) atoms. The Bertz CT molecular complexity index is 502. The molecule has 1 heterocycles. The fourth-order valence-corrected chi connectivity index (χ4v) is 2.37. The second-order valence-electron chi connectivity index (χ2n) is 4.63. The predicted molar refractivity (Wildman–Crippen MR) is 74.2 cm³/mol. The average molecular weight is 237 g/mol. The van der Waals surface area contributed by atoms with Crippen LogP contribution in [0.2, 0.25) is 0 Å². The molecule has 3 rings (SSSR count). The first-order valence-electron chi connectivity index (χ1n) is 6.44. The molecule has 1 aliphatic heterocycles. The highest BCUT2D eigenvalue weighted by molar-refractivity contribution is 5.63. The Morgan fingerprint density at radius 2 is 1.78 bits per heavy atom. The summed E-state index contributed by atoms with van der Waals surface area (Å²) in [5, 5.41) is 6.87. The van der Waals surface area contributed by atoms with E-state index in [4.69, 9.17) is 0 Å². The normalized spacial score (nSPS) is 16.0. The third-order valence-electron chi connectivity index (χ3n) is 3.30. The van der Waals surface area contributed by atoms with Gasteiger partial charge in [-0.3, -0.25) is 0 Å². The van der Waals surface area contributed by atoms with E-state index in [1.807, 2.05) is 12.1 Å². The quantitative estimate of drug-likeness (QED) is 0.855. The minimum atomic E-state index is 0.396. The van der Waals surface area contributed by atoms with Gasteiger partial charge in [-0.2, -0.15) is 0 Å². The number of rotatable bonds is 3. The topological polar surface area (TPSA) is 24.1 Å². The van der Waals surface area contributed by atoms with Crippen LogP contribution in [0.3, 0.4) is 0 Å². The summed E-state index contributed by atoms with van der Waals surface area (Å²) in [5.41, 5.74) is 3.78. The highest BCUT2D eigenvalue weighted by Crippen LogP contribution is 2.20. The summed E-state index contributed by atoms with van der Waals surface area (Å²) in [6, 6.07) is 20.2. The van der Waals surface area contributed by atoms with E-state index in [-0.39, 0.29) is 0 Å². The van der Waals surface area contributed by atoms with Crippen LogP contribution in [-0.4, -0.2) is 19.3 Å². The third kappa shape index (κ3) is 2.61. The lowest BCUT2D eigenvalue weighted by Crippen LogP contribution is -2.33. The lowest BCUT2D eigenvalue weighted by molar-refractivity contribution is 0.551. The molecule has 0 aliphatic carbocycles. The highest BCUT2D eigenvalue weighted by Gasteiger charge is 2.13. The predicted octanol–water partition coefficient (Wildman–Crippen LogP) is 2.22. The van der Waals surface area contributed by atoms with Gasteiger partial charge in [0, 0.05) is 19.5 Å². The van der Waals surface area contributed by atoms with Crippen molar-refractivity contribution in [2.45, 2.75) is 12.6 Å². The molecule has 0 aromatic heterocycles. The van der Waals surface area contributed by atoms with Crippen LogP contribution < -0.4 is 10.6 Å². The van der Waals surface area contributed by atoms with Gasteiger partial charge in [-0.15, -0.1) is 0 Å². The molecule has 0 saturated carbocycles. The smallest absolute Gasteiger partial charge is 0.0614 e. The first-order valence-corrected chi connectivity index (χ1v) is 6.44. The van der Waals surface area contributed by atoms with Crippen molar-refractivity contribution in [2.24, 2.45) is 0 Å². The summed E-state index contributed by atoms with van der Waals surface area (Å²) in [6.45, 7) is 2.12. The standard InChI is InChI=1S/C16H17N2/c1-2-6-14(7-3-1)15-8-4-5-13(11-15)12-16-17-9-10-18-16/h1-4,6-8,11,16-18H,9-10,12H2. The summed E-state index contributed by atoms with van der Waals surface area (Å²) < 4.78 is 0. The average Bonchev–Trinajstić information content (AvgIpc) is 2.93. The van der Waals surface area contributed by atoms with Gasteiger partial charge in [0.25, 0.3) is 0 Å². The van der Waals surface area contributed by atoms with E-state index in [2.05, 4.69) is 53.1 Å². The Morgan fingerprint density at radius 1 is 1.00 bits per heavy atom. The van der Waals surface area contributed by atoms with E-state index in [0.29, 0.717) is 6.17 Å². The fourth-order valence-electron chi connectivity index (χ4n) is 2.37. The van der Waals surface area contributed by atoms with Gasteiger partial charge >= 0.3 is 0 Å². The van der Waals surface area contributed by atoms with Gasteiger partial charge in [0.2, 0.25) is 0 Å². The van der Waals surface area contributed by atoms with Crippen LogP contribution >= 0.6 is 0 Å². The second kappa shape index (κ2) is 5.34. The zero-order chi connectivity index (χ0) is 12.2. The first-order chi connectivity index (χ1) is 8.92. The molecule has 1 radical (unpaired) electrons. The maximum absolute atomic E-state index is 3.43. The Morgan fingerprint density at radius 3 is 2.56 bits per heavy atom.